The number of carbonyl (C=O) groups excluding carboxylic acids is 1. The van der Waals surface area contributed by atoms with E-state index in [0.717, 1.165) is 15.0 Å². The second-order valence-electron chi connectivity index (χ2n) is 5.59. The van der Waals surface area contributed by atoms with Gasteiger partial charge in [0.2, 0.25) is 0 Å². The van der Waals surface area contributed by atoms with Crippen molar-refractivity contribution in [3.8, 4) is 11.4 Å². The molecular formula is C17H12F3N5O3S2. The van der Waals surface area contributed by atoms with Crippen LogP contribution in [0.5, 0.6) is 0 Å². The van der Waals surface area contributed by atoms with Gasteiger partial charge < -0.3 is 10.4 Å². The van der Waals surface area contributed by atoms with Crippen LogP contribution in [0.3, 0.4) is 0 Å². The maximum atomic E-state index is 12.2. The first-order valence-corrected chi connectivity index (χ1v) is 9.80. The number of aliphatic carboxylic acids is 1. The van der Waals surface area contributed by atoms with E-state index < -0.39 is 12.1 Å². The van der Waals surface area contributed by atoms with Crippen molar-refractivity contribution in [3.63, 3.8) is 0 Å². The van der Waals surface area contributed by atoms with Crippen LogP contribution in [0.15, 0.2) is 42.0 Å². The smallest absolute Gasteiger partial charge is 0.475 e. The molecule has 4 rings (SSSR count). The van der Waals surface area contributed by atoms with Gasteiger partial charge in [0.15, 0.2) is 5.82 Å². The summed E-state index contributed by atoms with van der Waals surface area (Å²) in [6.07, 6.45) is -1.70. The van der Waals surface area contributed by atoms with Crippen molar-refractivity contribution in [2.24, 2.45) is 0 Å². The number of alkyl halides is 3. The summed E-state index contributed by atoms with van der Waals surface area (Å²) in [5.74, 6) is -1.65. The zero-order valence-corrected chi connectivity index (χ0v) is 16.4. The number of aromatic nitrogens is 4. The molecular weight excluding hydrogens is 443 g/mol. The van der Waals surface area contributed by atoms with Gasteiger partial charge in [-0.1, -0.05) is 0 Å². The van der Waals surface area contributed by atoms with E-state index in [1.165, 1.54) is 11.3 Å². The molecule has 4 heterocycles. The van der Waals surface area contributed by atoms with E-state index in [2.05, 4.69) is 25.5 Å². The Morgan fingerprint density at radius 2 is 1.87 bits per heavy atom. The summed E-state index contributed by atoms with van der Waals surface area (Å²) in [5.41, 5.74) is 0.882. The van der Waals surface area contributed by atoms with Crippen molar-refractivity contribution in [3.05, 3.63) is 52.7 Å². The molecule has 0 aromatic carbocycles. The van der Waals surface area contributed by atoms with Crippen molar-refractivity contribution < 1.29 is 27.9 Å². The zero-order chi connectivity index (χ0) is 21.7. The fourth-order valence-corrected chi connectivity index (χ4v) is 4.16. The van der Waals surface area contributed by atoms with E-state index in [1.54, 1.807) is 23.7 Å². The fraction of sp³-hybridized carbons (Fsp3) is 0.118. The number of nitrogens with one attached hydrogen (secondary N) is 2. The number of rotatable bonds is 4. The molecule has 0 aliphatic carbocycles. The third-order valence-electron chi connectivity index (χ3n) is 3.49. The molecule has 0 saturated carbocycles. The molecule has 4 aromatic rings. The highest BCUT2D eigenvalue weighted by atomic mass is 32.1. The minimum absolute atomic E-state index is 0.0970. The van der Waals surface area contributed by atoms with E-state index in [1.807, 2.05) is 29.6 Å². The molecule has 8 nitrogen and oxygen atoms in total. The van der Waals surface area contributed by atoms with Crippen LogP contribution < -0.4 is 5.32 Å². The van der Waals surface area contributed by atoms with Crippen LogP contribution in [0.25, 0.3) is 20.8 Å². The number of amides is 1. The van der Waals surface area contributed by atoms with Gasteiger partial charge in [0.1, 0.15) is 5.82 Å². The van der Waals surface area contributed by atoms with Crippen molar-refractivity contribution >= 4 is 43.9 Å². The average Bonchev–Trinajstić information content (AvgIpc) is 3.42. The van der Waals surface area contributed by atoms with E-state index in [0.29, 0.717) is 23.1 Å². The standard InChI is InChI=1S/C15H11N5OS2.C2HF3O2/c21-15(12-7-11-10(23-12)3-6-22-11)17-8-13-18-14(20-19-13)9-1-4-16-5-2-9;3-2(4,5)1(6)7/h1-7H,8H2,(H,17,21)(H,18,19,20);(H,6,7). The molecule has 0 fully saturated rings. The molecule has 156 valence electrons. The number of H-pyrrole nitrogens is 1. The second kappa shape index (κ2) is 9.00. The van der Waals surface area contributed by atoms with Gasteiger partial charge in [0, 0.05) is 27.4 Å². The van der Waals surface area contributed by atoms with E-state index in [4.69, 9.17) is 9.90 Å². The summed E-state index contributed by atoms with van der Waals surface area (Å²) >= 11 is 3.13. The zero-order valence-electron chi connectivity index (χ0n) is 14.8. The van der Waals surface area contributed by atoms with Gasteiger partial charge >= 0.3 is 12.1 Å². The number of pyridine rings is 1. The summed E-state index contributed by atoms with van der Waals surface area (Å²) in [6.45, 7) is 0.308. The van der Waals surface area contributed by atoms with Crippen LogP contribution >= 0.6 is 22.7 Å². The lowest BCUT2D eigenvalue weighted by atomic mass is 10.2. The molecule has 0 atom stereocenters. The molecule has 0 bridgehead atoms. The molecule has 0 unspecified atom stereocenters. The summed E-state index contributed by atoms with van der Waals surface area (Å²) in [7, 11) is 0. The minimum atomic E-state index is -5.08. The predicted molar refractivity (Wildman–Crippen MR) is 104 cm³/mol. The largest absolute Gasteiger partial charge is 0.490 e. The average molecular weight is 455 g/mol. The van der Waals surface area contributed by atoms with E-state index >= 15 is 0 Å². The molecule has 13 heteroatoms. The Balaban J connectivity index is 0.000000318. The quantitative estimate of drug-likeness (QED) is 0.431. The molecule has 3 N–H and O–H groups in total. The lowest BCUT2D eigenvalue weighted by Gasteiger charge is -1.99. The SMILES string of the molecule is O=C(NCc1nc(-c2ccncc2)n[nH]1)c1cc2sccc2s1.O=C(O)C(F)(F)F. The Bertz CT molecular complexity index is 1130. The van der Waals surface area contributed by atoms with Crippen LogP contribution in [0, 0.1) is 0 Å². The lowest BCUT2D eigenvalue weighted by Crippen LogP contribution is -2.22. The van der Waals surface area contributed by atoms with Gasteiger partial charge in [0.25, 0.3) is 5.91 Å². The maximum Gasteiger partial charge on any atom is 0.490 e. The number of carboxylic acid groups (broad SMARTS) is 1. The summed E-state index contributed by atoms with van der Waals surface area (Å²) in [5, 5.41) is 19.0. The Hall–Kier alpha value is -3.32. The third-order valence-corrected chi connectivity index (χ3v) is 5.58. The first-order valence-electron chi connectivity index (χ1n) is 8.11. The van der Waals surface area contributed by atoms with Gasteiger partial charge in [-0.2, -0.15) is 18.3 Å². The molecule has 0 spiro atoms. The summed E-state index contributed by atoms with van der Waals surface area (Å²) in [4.78, 5) is 30.1. The number of carbonyl (C=O) groups is 2. The van der Waals surface area contributed by atoms with E-state index in [9.17, 15) is 18.0 Å². The van der Waals surface area contributed by atoms with Crippen LogP contribution in [-0.4, -0.2) is 43.3 Å². The summed E-state index contributed by atoms with van der Waals surface area (Å²) in [6, 6.07) is 7.62. The molecule has 0 saturated heterocycles. The monoisotopic (exact) mass is 455 g/mol. The molecule has 30 heavy (non-hydrogen) atoms. The van der Waals surface area contributed by atoms with Gasteiger partial charge in [-0.3, -0.25) is 14.9 Å². The second-order valence-corrected chi connectivity index (χ2v) is 7.62. The summed E-state index contributed by atoms with van der Waals surface area (Å²) < 4.78 is 34.0. The van der Waals surface area contributed by atoms with Crippen molar-refractivity contribution in [2.75, 3.05) is 0 Å². The molecule has 1 amide bonds. The molecule has 0 aliphatic heterocycles. The minimum Gasteiger partial charge on any atom is -0.475 e. The highest BCUT2D eigenvalue weighted by Gasteiger charge is 2.38. The molecule has 0 radical (unpaired) electrons. The predicted octanol–water partition coefficient (Wildman–Crippen LogP) is 3.71. The van der Waals surface area contributed by atoms with Crippen LogP contribution in [0.2, 0.25) is 0 Å². The van der Waals surface area contributed by atoms with Gasteiger partial charge in [0.05, 0.1) is 11.4 Å². The number of carboxylic acids is 1. The third kappa shape index (κ3) is 5.39. The number of hydrogen-bond donors (Lipinski definition) is 3. The van der Waals surface area contributed by atoms with Crippen LogP contribution in [0.4, 0.5) is 13.2 Å². The number of halogens is 3. The van der Waals surface area contributed by atoms with Crippen molar-refractivity contribution in [2.45, 2.75) is 12.7 Å². The topological polar surface area (TPSA) is 121 Å². The van der Waals surface area contributed by atoms with Gasteiger partial charge in [-0.05, 0) is 29.6 Å². The first-order chi connectivity index (χ1) is 14.2. The number of nitrogens with zero attached hydrogens (tertiary/aromatic N) is 3. The number of hydrogen-bond acceptors (Lipinski definition) is 7. The Labute approximate surface area is 174 Å². The molecule has 0 aliphatic rings. The normalized spacial score (nSPS) is 11.0. The molecule has 4 aromatic heterocycles. The van der Waals surface area contributed by atoms with Gasteiger partial charge in [-0.25, -0.2) is 9.78 Å². The maximum absolute atomic E-state index is 12.2. The fourth-order valence-electron chi connectivity index (χ4n) is 2.13. The van der Waals surface area contributed by atoms with Gasteiger partial charge in [-0.15, -0.1) is 22.7 Å². The van der Waals surface area contributed by atoms with Crippen molar-refractivity contribution in [1.29, 1.82) is 0 Å². The van der Waals surface area contributed by atoms with Crippen LogP contribution in [-0.2, 0) is 11.3 Å². The first kappa shape index (κ1) is 21.4. The van der Waals surface area contributed by atoms with E-state index in [-0.39, 0.29) is 5.91 Å². The highest BCUT2D eigenvalue weighted by molar-refractivity contribution is 7.27. The lowest BCUT2D eigenvalue weighted by molar-refractivity contribution is -0.192. The number of fused-ring (bicyclic) bond motifs is 1. The van der Waals surface area contributed by atoms with Crippen LogP contribution in [0.1, 0.15) is 15.5 Å². The Morgan fingerprint density at radius 3 is 2.50 bits per heavy atom. The highest BCUT2D eigenvalue weighted by Crippen LogP contribution is 2.29. The Morgan fingerprint density at radius 1 is 1.17 bits per heavy atom. The number of thiophene rings is 2. The van der Waals surface area contributed by atoms with Crippen molar-refractivity contribution in [1.82, 2.24) is 25.5 Å². The Kier molecular flexibility index (Phi) is 6.42. The number of aromatic amines is 1.